The average Bonchev–Trinajstić information content (AvgIpc) is 2.08. The van der Waals surface area contributed by atoms with Crippen LogP contribution in [-0.4, -0.2) is 6.54 Å². The molecule has 1 aromatic rings. The molecular formula is C8H9F2NS. The monoisotopic (exact) mass is 189 g/mol. The number of benzene rings is 1. The van der Waals surface area contributed by atoms with E-state index in [1.54, 1.807) is 0 Å². The molecule has 2 N–H and O–H groups in total. The molecular weight excluding hydrogens is 180 g/mol. The van der Waals surface area contributed by atoms with E-state index in [0.717, 1.165) is 12.1 Å². The van der Waals surface area contributed by atoms with Crippen molar-refractivity contribution in [3.8, 4) is 0 Å². The maximum Gasteiger partial charge on any atom is 0.159 e. The van der Waals surface area contributed by atoms with Crippen LogP contribution in [0, 0.1) is 11.6 Å². The van der Waals surface area contributed by atoms with E-state index in [1.807, 2.05) is 0 Å². The van der Waals surface area contributed by atoms with Crippen LogP contribution in [0.2, 0.25) is 0 Å². The molecule has 0 amide bonds. The van der Waals surface area contributed by atoms with Crippen molar-refractivity contribution in [1.29, 1.82) is 0 Å². The number of thiol groups is 1. The third-order valence-corrected chi connectivity index (χ3v) is 2.06. The Labute approximate surface area is 75.0 Å². The Morgan fingerprint density at radius 3 is 2.50 bits per heavy atom. The maximum atomic E-state index is 12.6. The number of hydrogen-bond donors (Lipinski definition) is 2. The Hall–Kier alpha value is -0.610. The molecule has 0 heterocycles. The Morgan fingerprint density at radius 2 is 2.00 bits per heavy atom. The molecule has 0 bridgehead atoms. The molecule has 12 heavy (non-hydrogen) atoms. The first kappa shape index (κ1) is 9.48. The lowest BCUT2D eigenvalue weighted by Gasteiger charge is -2.07. The molecule has 0 fully saturated rings. The zero-order valence-electron chi connectivity index (χ0n) is 6.30. The molecule has 0 aliphatic rings. The highest BCUT2D eigenvalue weighted by Crippen LogP contribution is 2.20. The molecule has 0 saturated carbocycles. The largest absolute Gasteiger partial charge is 0.329 e. The van der Waals surface area contributed by atoms with Crippen LogP contribution in [0.4, 0.5) is 8.78 Å². The number of hydrogen-bond acceptors (Lipinski definition) is 2. The van der Waals surface area contributed by atoms with Gasteiger partial charge in [0.15, 0.2) is 11.6 Å². The Balaban J connectivity index is 2.96. The summed E-state index contributed by atoms with van der Waals surface area (Å²) in [5, 5.41) is -0.236. The van der Waals surface area contributed by atoms with Crippen molar-refractivity contribution < 1.29 is 8.78 Å². The van der Waals surface area contributed by atoms with Gasteiger partial charge in [-0.2, -0.15) is 12.6 Å². The second kappa shape index (κ2) is 3.87. The van der Waals surface area contributed by atoms with Gasteiger partial charge in [-0.3, -0.25) is 0 Å². The van der Waals surface area contributed by atoms with Crippen molar-refractivity contribution in [1.82, 2.24) is 0 Å². The molecule has 0 aliphatic carbocycles. The highest BCUT2D eigenvalue weighted by molar-refractivity contribution is 7.80. The fraction of sp³-hybridized carbons (Fsp3) is 0.250. The summed E-state index contributed by atoms with van der Waals surface area (Å²) in [4.78, 5) is 0. The van der Waals surface area contributed by atoms with Crippen LogP contribution >= 0.6 is 12.6 Å². The predicted molar refractivity (Wildman–Crippen MR) is 47.1 cm³/mol. The third-order valence-electron chi connectivity index (χ3n) is 1.55. The molecule has 0 aromatic heterocycles. The molecule has 1 aromatic carbocycles. The summed E-state index contributed by atoms with van der Waals surface area (Å²) in [6.45, 7) is 0.300. The van der Waals surface area contributed by atoms with Crippen LogP contribution in [0.15, 0.2) is 18.2 Å². The third kappa shape index (κ3) is 1.95. The van der Waals surface area contributed by atoms with Gasteiger partial charge in [0.05, 0.1) is 0 Å². The van der Waals surface area contributed by atoms with Gasteiger partial charge in [-0.15, -0.1) is 0 Å². The highest BCUT2D eigenvalue weighted by atomic mass is 32.1. The van der Waals surface area contributed by atoms with Crippen LogP contribution < -0.4 is 5.73 Å². The van der Waals surface area contributed by atoms with Gasteiger partial charge in [-0.05, 0) is 17.7 Å². The van der Waals surface area contributed by atoms with Crippen molar-refractivity contribution in [2.24, 2.45) is 5.73 Å². The average molecular weight is 189 g/mol. The fourth-order valence-corrected chi connectivity index (χ4v) is 1.02. The molecule has 0 radical (unpaired) electrons. The Bertz CT molecular complexity index is 278. The molecule has 4 heteroatoms. The van der Waals surface area contributed by atoms with Crippen LogP contribution in [-0.2, 0) is 0 Å². The van der Waals surface area contributed by atoms with Crippen molar-refractivity contribution in [2.45, 2.75) is 5.25 Å². The second-order valence-corrected chi connectivity index (χ2v) is 3.05. The van der Waals surface area contributed by atoms with Crippen LogP contribution in [0.5, 0.6) is 0 Å². The first-order valence-corrected chi connectivity index (χ1v) is 4.00. The van der Waals surface area contributed by atoms with Gasteiger partial charge in [0.2, 0.25) is 0 Å². The van der Waals surface area contributed by atoms with E-state index in [4.69, 9.17) is 5.73 Å². The van der Waals surface area contributed by atoms with Crippen LogP contribution in [0.3, 0.4) is 0 Å². The first-order chi connectivity index (χ1) is 5.65. The SMILES string of the molecule is NCC(S)c1ccc(F)c(F)c1. The summed E-state index contributed by atoms with van der Waals surface area (Å²) in [6, 6.07) is 3.66. The molecule has 0 aliphatic heterocycles. The quantitative estimate of drug-likeness (QED) is 0.683. The van der Waals surface area contributed by atoms with Crippen molar-refractivity contribution >= 4 is 12.6 Å². The van der Waals surface area contributed by atoms with E-state index in [-0.39, 0.29) is 5.25 Å². The van der Waals surface area contributed by atoms with E-state index in [2.05, 4.69) is 12.6 Å². The number of halogens is 2. The smallest absolute Gasteiger partial charge is 0.159 e. The second-order valence-electron chi connectivity index (χ2n) is 2.43. The maximum absolute atomic E-state index is 12.6. The van der Waals surface area contributed by atoms with Gasteiger partial charge in [0.1, 0.15) is 0 Å². The van der Waals surface area contributed by atoms with Crippen molar-refractivity contribution in [3.63, 3.8) is 0 Å². The van der Waals surface area contributed by atoms with Gasteiger partial charge >= 0.3 is 0 Å². The number of rotatable bonds is 2. The van der Waals surface area contributed by atoms with Crippen LogP contribution in [0.1, 0.15) is 10.8 Å². The minimum atomic E-state index is -0.861. The Kier molecular flexibility index (Phi) is 3.05. The predicted octanol–water partition coefficient (Wildman–Crippen LogP) is 1.89. The highest BCUT2D eigenvalue weighted by Gasteiger charge is 2.07. The standard InChI is InChI=1S/C8H9F2NS/c9-6-2-1-5(3-7(6)10)8(12)4-11/h1-3,8,12H,4,11H2. The van der Waals surface area contributed by atoms with E-state index in [9.17, 15) is 8.78 Å². The van der Waals surface area contributed by atoms with Gasteiger partial charge in [-0.25, -0.2) is 8.78 Å². The first-order valence-electron chi connectivity index (χ1n) is 3.48. The zero-order valence-corrected chi connectivity index (χ0v) is 7.19. The summed E-state index contributed by atoms with van der Waals surface area (Å²) < 4.78 is 25.1. The summed E-state index contributed by atoms with van der Waals surface area (Å²) in [7, 11) is 0. The molecule has 1 nitrogen and oxygen atoms in total. The lowest BCUT2D eigenvalue weighted by molar-refractivity contribution is 0.507. The lowest BCUT2D eigenvalue weighted by Crippen LogP contribution is -2.07. The van der Waals surface area contributed by atoms with Crippen LogP contribution in [0.25, 0.3) is 0 Å². The van der Waals surface area contributed by atoms with Gasteiger partial charge in [-0.1, -0.05) is 6.07 Å². The van der Waals surface area contributed by atoms with E-state index in [0.29, 0.717) is 12.1 Å². The van der Waals surface area contributed by atoms with Gasteiger partial charge in [0.25, 0.3) is 0 Å². The van der Waals surface area contributed by atoms with E-state index >= 15 is 0 Å². The van der Waals surface area contributed by atoms with E-state index in [1.165, 1.54) is 6.07 Å². The fourth-order valence-electron chi connectivity index (χ4n) is 0.856. The normalized spacial score (nSPS) is 13.0. The van der Waals surface area contributed by atoms with Gasteiger partial charge in [0, 0.05) is 11.8 Å². The summed E-state index contributed by atoms with van der Waals surface area (Å²) in [5.41, 5.74) is 5.90. The molecule has 1 atom stereocenters. The molecule has 0 spiro atoms. The lowest BCUT2D eigenvalue weighted by atomic mass is 10.1. The Morgan fingerprint density at radius 1 is 1.33 bits per heavy atom. The summed E-state index contributed by atoms with van der Waals surface area (Å²) in [5.74, 6) is -1.71. The van der Waals surface area contributed by atoms with Crippen molar-refractivity contribution in [2.75, 3.05) is 6.54 Å². The molecule has 1 rings (SSSR count). The van der Waals surface area contributed by atoms with Gasteiger partial charge < -0.3 is 5.73 Å². The van der Waals surface area contributed by atoms with Crippen molar-refractivity contribution in [3.05, 3.63) is 35.4 Å². The molecule has 0 saturated heterocycles. The zero-order chi connectivity index (χ0) is 9.14. The minimum absolute atomic E-state index is 0.236. The summed E-state index contributed by atoms with van der Waals surface area (Å²) >= 11 is 4.09. The molecule has 1 unspecified atom stereocenters. The summed E-state index contributed by atoms with van der Waals surface area (Å²) in [6.07, 6.45) is 0. The molecule has 66 valence electrons. The van der Waals surface area contributed by atoms with E-state index < -0.39 is 11.6 Å². The minimum Gasteiger partial charge on any atom is -0.329 e. The number of nitrogens with two attached hydrogens (primary N) is 1. The topological polar surface area (TPSA) is 26.0 Å².